The van der Waals surface area contributed by atoms with Crippen molar-refractivity contribution in [2.24, 2.45) is 0 Å². The third kappa shape index (κ3) is 4.24. The summed E-state index contributed by atoms with van der Waals surface area (Å²) >= 11 is 0. The van der Waals surface area contributed by atoms with E-state index < -0.39 is 0 Å². The lowest BCUT2D eigenvalue weighted by Crippen LogP contribution is -2.46. The number of carbonyl (C=O) groups excluding carboxylic acids is 1. The number of aryl methyl sites for hydroxylation is 1. The van der Waals surface area contributed by atoms with Crippen molar-refractivity contribution in [3.8, 4) is 11.1 Å². The Morgan fingerprint density at radius 1 is 1.08 bits per heavy atom. The standard InChI is InChI=1S/C29H32N8O/c1-4-35-11-13-36(14-12-35)21-6-8-27(33-17-21)34-26-16-23(19(2)37-10-9-31-28(26)37)20-5-7-22-24(29(38)30-3)18-32-25(22)15-20/h5-10,15-18,32H,4,11-14H2,1-3H3,(H,30,38)(H,33,34). The lowest BCUT2D eigenvalue weighted by Gasteiger charge is -2.35. The summed E-state index contributed by atoms with van der Waals surface area (Å²) in [6.07, 6.45) is 7.49. The van der Waals surface area contributed by atoms with E-state index in [2.05, 4.69) is 72.9 Å². The lowest BCUT2D eigenvalue weighted by molar-refractivity contribution is 0.0964. The van der Waals surface area contributed by atoms with Crippen LogP contribution in [-0.2, 0) is 0 Å². The minimum Gasteiger partial charge on any atom is -0.368 e. The molecule has 0 aliphatic carbocycles. The van der Waals surface area contributed by atoms with Gasteiger partial charge in [-0.25, -0.2) is 9.97 Å². The molecule has 0 spiro atoms. The Balaban J connectivity index is 1.31. The van der Waals surface area contributed by atoms with Gasteiger partial charge in [0.1, 0.15) is 5.82 Å². The fraction of sp³-hybridized carbons (Fsp3) is 0.276. The zero-order chi connectivity index (χ0) is 26.2. The van der Waals surface area contributed by atoms with Gasteiger partial charge in [-0.05, 0) is 43.3 Å². The molecule has 0 saturated carbocycles. The Kier molecular flexibility index (Phi) is 6.21. The summed E-state index contributed by atoms with van der Waals surface area (Å²) < 4.78 is 2.09. The van der Waals surface area contributed by atoms with Gasteiger partial charge in [0.25, 0.3) is 5.91 Å². The number of nitrogens with one attached hydrogen (secondary N) is 3. The fourth-order valence-corrected chi connectivity index (χ4v) is 5.32. The van der Waals surface area contributed by atoms with Gasteiger partial charge < -0.3 is 29.8 Å². The Morgan fingerprint density at radius 3 is 2.66 bits per heavy atom. The topological polar surface area (TPSA) is 93.6 Å². The predicted molar refractivity (Wildman–Crippen MR) is 152 cm³/mol. The Hall–Kier alpha value is -4.37. The first-order valence-electron chi connectivity index (χ1n) is 13.1. The molecule has 1 amide bonds. The molecule has 194 valence electrons. The number of benzene rings is 1. The maximum absolute atomic E-state index is 12.2. The van der Waals surface area contributed by atoms with Crippen LogP contribution in [0.3, 0.4) is 0 Å². The van der Waals surface area contributed by atoms with Crippen LogP contribution in [0.2, 0.25) is 0 Å². The molecule has 5 heterocycles. The van der Waals surface area contributed by atoms with Crippen LogP contribution in [0.1, 0.15) is 23.0 Å². The van der Waals surface area contributed by atoms with Crippen LogP contribution in [0, 0.1) is 6.92 Å². The highest BCUT2D eigenvalue weighted by Crippen LogP contribution is 2.33. The van der Waals surface area contributed by atoms with E-state index in [1.54, 1.807) is 13.2 Å². The number of nitrogens with zero attached hydrogens (tertiary/aromatic N) is 5. The number of anilines is 3. The average Bonchev–Trinajstić information content (AvgIpc) is 3.62. The first kappa shape index (κ1) is 24.0. The summed E-state index contributed by atoms with van der Waals surface area (Å²) in [6.45, 7) is 9.62. The third-order valence-corrected chi connectivity index (χ3v) is 7.58. The number of carbonyl (C=O) groups is 1. The van der Waals surface area contributed by atoms with Gasteiger partial charge >= 0.3 is 0 Å². The monoisotopic (exact) mass is 508 g/mol. The van der Waals surface area contributed by atoms with Gasteiger partial charge in [0.05, 0.1) is 23.1 Å². The molecule has 1 aromatic carbocycles. The van der Waals surface area contributed by atoms with Gasteiger partial charge in [-0.3, -0.25) is 4.79 Å². The summed E-state index contributed by atoms with van der Waals surface area (Å²) in [5.74, 6) is 0.670. The Bertz CT molecular complexity index is 1610. The number of hydrogen-bond acceptors (Lipinski definition) is 6. The molecule has 5 aromatic rings. The number of fused-ring (bicyclic) bond motifs is 2. The van der Waals surface area contributed by atoms with Crippen LogP contribution in [0.4, 0.5) is 17.2 Å². The van der Waals surface area contributed by atoms with Gasteiger partial charge in [0.2, 0.25) is 0 Å². The van der Waals surface area contributed by atoms with E-state index in [-0.39, 0.29) is 5.91 Å². The molecule has 1 aliphatic rings. The van der Waals surface area contributed by atoms with Crippen molar-refractivity contribution >= 4 is 39.6 Å². The second-order valence-corrected chi connectivity index (χ2v) is 9.67. The number of hydrogen-bond donors (Lipinski definition) is 3. The fourth-order valence-electron chi connectivity index (χ4n) is 5.32. The molecule has 1 fully saturated rings. The van der Waals surface area contributed by atoms with Crippen molar-refractivity contribution in [3.63, 3.8) is 0 Å². The normalized spacial score (nSPS) is 14.3. The first-order valence-corrected chi connectivity index (χ1v) is 13.1. The zero-order valence-electron chi connectivity index (χ0n) is 22.0. The van der Waals surface area contributed by atoms with Crippen LogP contribution in [0.25, 0.3) is 27.7 Å². The molecule has 0 atom stereocenters. The van der Waals surface area contributed by atoms with E-state index in [9.17, 15) is 4.79 Å². The van der Waals surface area contributed by atoms with E-state index in [0.717, 1.165) is 83.3 Å². The summed E-state index contributed by atoms with van der Waals surface area (Å²) in [5.41, 5.74) is 7.63. The van der Waals surface area contributed by atoms with Crippen LogP contribution in [0.15, 0.2) is 61.2 Å². The molecule has 38 heavy (non-hydrogen) atoms. The highest BCUT2D eigenvalue weighted by Gasteiger charge is 2.17. The number of likely N-dealkylation sites (N-methyl/N-ethyl adjacent to an activating group) is 1. The molecule has 9 nitrogen and oxygen atoms in total. The molecule has 0 bridgehead atoms. The first-order chi connectivity index (χ1) is 18.6. The van der Waals surface area contributed by atoms with E-state index in [0.29, 0.717) is 5.56 Å². The molecule has 1 saturated heterocycles. The number of amides is 1. The molecule has 9 heteroatoms. The molecule has 3 N–H and O–H groups in total. The number of H-pyrrole nitrogens is 1. The van der Waals surface area contributed by atoms with Gasteiger partial charge in [0.15, 0.2) is 5.65 Å². The largest absolute Gasteiger partial charge is 0.368 e. The number of imidazole rings is 1. The molecule has 1 aliphatic heterocycles. The van der Waals surface area contributed by atoms with Crippen LogP contribution < -0.4 is 15.5 Å². The molecule has 0 unspecified atom stereocenters. The summed E-state index contributed by atoms with van der Waals surface area (Å²) in [4.78, 5) is 29.7. The average molecular weight is 509 g/mol. The van der Waals surface area contributed by atoms with Gasteiger partial charge in [-0.1, -0.05) is 19.1 Å². The molecule has 6 rings (SSSR count). The minimum atomic E-state index is -0.103. The molecule has 4 aromatic heterocycles. The maximum Gasteiger partial charge on any atom is 0.253 e. The smallest absolute Gasteiger partial charge is 0.253 e. The number of rotatable bonds is 6. The summed E-state index contributed by atoms with van der Waals surface area (Å²) in [6, 6.07) is 12.4. The van der Waals surface area contributed by atoms with Crippen molar-refractivity contribution in [2.45, 2.75) is 13.8 Å². The lowest BCUT2D eigenvalue weighted by atomic mass is 10.0. The Morgan fingerprint density at radius 2 is 1.92 bits per heavy atom. The predicted octanol–water partition coefficient (Wildman–Crippen LogP) is 4.43. The second kappa shape index (κ2) is 9.83. The van der Waals surface area contributed by atoms with Gasteiger partial charge in [-0.15, -0.1) is 0 Å². The summed E-state index contributed by atoms with van der Waals surface area (Å²) in [5, 5.41) is 7.10. The van der Waals surface area contributed by atoms with E-state index in [1.165, 1.54) is 0 Å². The van der Waals surface area contributed by atoms with Gasteiger partial charge in [0, 0.05) is 74.0 Å². The summed E-state index contributed by atoms with van der Waals surface area (Å²) in [7, 11) is 1.64. The number of aromatic nitrogens is 4. The van der Waals surface area contributed by atoms with E-state index in [4.69, 9.17) is 4.98 Å². The van der Waals surface area contributed by atoms with E-state index >= 15 is 0 Å². The van der Waals surface area contributed by atoms with Crippen molar-refractivity contribution < 1.29 is 4.79 Å². The Labute approximate surface area is 221 Å². The number of aromatic amines is 1. The SMILES string of the molecule is CCN1CCN(c2ccc(Nc3cc(-c4ccc5c(C(=O)NC)c[nH]c5c4)c(C)n4ccnc34)nc2)CC1. The van der Waals surface area contributed by atoms with E-state index in [1.807, 2.05) is 30.7 Å². The molecular weight excluding hydrogens is 476 g/mol. The van der Waals surface area contributed by atoms with Crippen LogP contribution in [-0.4, -0.2) is 69.9 Å². The number of piperazine rings is 1. The second-order valence-electron chi connectivity index (χ2n) is 9.67. The van der Waals surface area contributed by atoms with Crippen LogP contribution >= 0.6 is 0 Å². The van der Waals surface area contributed by atoms with Crippen LogP contribution in [0.5, 0.6) is 0 Å². The minimum absolute atomic E-state index is 0.103. The van der Waals surface area contributed by atoms with Crippen molar-refractivity contribution in [1.82, 2.24) is 29.6 Å². The van der Waals surface area contributed by atoms with Crippen molar-refractivity contribution in [3.05, 3.63) is 72.4 Å². The highest BCUT2D eigenvalue weighted by molar-refractivity contribution is 6.07. The maximum atomic E-state index is 12.2. The number of pyridine rings is 2. The third-order valence-electron chi connectivity index (χ3n) is 7.58. The zero-order valence-corrected chi connectivity index (χ0v) is 22.0. The van der Waals surface area contributed by atoms with Crippen molar-refractivity contribution in [2.75, 3.05) is 50.0 Å². The quantitative estimate of drug-likeness (QED) is 0.314. The highest BCUT2D eigenvalue weighted by atomic mass is 16.1. The van der Waals surface area contributed by atoms with Gasteiger partial charge in [-0.2, -0.15) is 0 Å². The van der Waals surface area contributed by atoms with Crippen molar-refractivity contribution in [1.29, 1.82) is 0 Å². The molecular formula is C29H32N8O. The molecule has 0 radical (unpaired) electrons.